The third kappa shape index (κ3) is 3.55. The second kappa shape index (κ2) is 7.22. The van der Waals surface area contributed by atoms with Gasteiger partial charge in [-0.15, -0.1) is 11.3 Å². The van der Waals surface area contributed by atoms with Gasteiger partial charge in [-0.25, -0.2) is 8.42 Å². The van der Waals surface area contributed by atoms with E-state index in [1.54, 1.807) is 15.6 Å². The maximum atomic E-state index is 13.6. The normalized spacial score (nSPS) is 19.8. The van der Waals surface area contributed by atoms with Gasteiger partial charge in [-0.3, -0.25) is 0 Å². The van der Waals surface area contributed by atoms with Crippen LogP contribution in [0.15, 0.2) is 28.5 Å². The number of thiophene rings is 1. The lowest BCUT2D eigenvalue weighted by atomic mass is 10.1. The fourth-order valence-corrected chi connectivity index (χ4v) is 6.80. The second-order valence-electron chi connectivity index (χ2n) is 7.15. The van der Waals surface area contributed by atoms with Gasteiger partial charge >= 0.3 is 0 Å². The predicted octanol–water partition coefficient (Wildman–Crippen LogP) is 5.29. The molecule has 2 aromatic rings. The third-order valence-electron chi connectivity index (χ3n) is 5.29. The Kier molecular flexibility index (Phi) is 5.37. The van der Waals surface area contributed by atoms with Crippen molar-refractivity contribution in [2.45, 2.75) is 64.3 Å². The average Bonchev–Trinajstić information content (AvgIpc) is 2.82. The van der Waals surface area contributed by atoms with Crippen molar-refractivity contribution >= 4 is 21.4 Å². The predicted molar refractivity (Wildman–Crippen MR) is 105 cm³/mol. The lowest BCUT2D eigenvalue weighted by Crippen LogP contribution is -2.35. The van der Waals surface area contributed by atoms with Gasteiger partial charge in [-0.05, 0) is 80.3 Å². The second-order valence-corrected chi connectivity index (χ2v) is 9.96. The van der Waals surface area contributed by atoms with Gasteiger partial charge < -0.3 is 0 Å². The highest BCUT2D eigenvalue weighted by Crippen LogP contribution is 2.39. The zero-order valence-electron chi connectivity index (χ0n) is 15.5. The summed E-state index contributed by atoms with van der Waals surface area (Å²) >= 11 is 1.68. The van der Waals surface area contributed by atoms with Crippen LogP contribution in [0.5, 0.6) is 0 Å². The topological polar surface area (TPSA) is 37.4 Å². The van der Waals surface area contributed by atoms with Crippen LogP contribution in [-0.4, -0.2) is 19.3 Å². The molecule has 0 bridgehead atoms. The summed E-state index contributed by atoms with van der Waals surface area (Å²) in [5, 5.41) is 2.07. The maximum Gasteiger partial charge on any atom is 0.243 e. The molecule has 0 saturated carbocycles. The van der Waals surface area contributed by atoms with E-state index >= 15 is 0 Å². The van der Waals surface area contributed by atoms with Gasteiger partial charge in [0.25, 0.3) is 0 Å². The minimum atomic E-state index is -3.51. The largest absolute Gasteiger partial charge is 0.243 e. The Morgan fingerprint density at radius 1 is 0.960 bits per heavy atom. The Bertz CT molecular complexity index is 868. The van der Waals surface area contributed by atoms with Crippen molar-refractivity contribution in [1.82, 2.24) is 4.31 Å². The van der Waals surface area contributed by atoms with Crippen molar-refractivity contribution in [3.8, 4) is 0 Å². The quantitative estimate of drug-likeness (QED) is 0.729. The molecule has 0 amide bonds. The van der Waals surface area contributed by atoms with E-state index in [1.165, 1.54) is 10.4 Å². The van der Waals surface area contributed by atoms with E-state index in [-0.39, 0.29) is 6.04 Å². The first-order valence-corrected chi connectivity index (χ1v) is 11.3. The van der Waals surface area contributed by atoms with E-state index in [2.05, 4.69) is 18.4 Å². The van der Waals surface area contributed by atoms with Gasteiger partial charge in [-0.2, -0.15) is 4.31 Å². The summed E-state index contributed by atoms with van der Waals surface area (Å²) in [6.07, 6.45) is 4.02. The van der Waals surface area contributed by atoms with E-state index in [9.17, 15) is 8.42 Å². The van der Waals surface area contributed by atoms with Crippen LogP contribution in [0.3, 0.4) is 0 Å². The molecular weight excluding hydrogens is 350 g/mol. The van der Waals surface area contributed by atoms with Gasteiger partial charge in [0.2, 0.25) is 10.0 Å². The van der Waals surface area contributed by atoms with Crippen LogP contribution in [0.4, 0.5) is 0 Å². The average molecular weight is 378 g/mol. The molecule has 25 heavy (non-hydrogen) atoms. The van der Waals surface area contributed by atoms with Crippen molar-refractivity contribution in [2.24, 2.45) is 0 Å². The Morgan fingerprint density at radius 3 is 2.36 bits per heavy atom. The Balaban J connectivity index is 2.10. The summed E-state index contributed by atoms with van der Waals surface area (Å²) in [7, 11) is -3.51. The number of aryl methyl sites for hydroxylation is 4. The molecule has 3 rings (SSSR count). The molecule has 5 heteroatoms. The summed E-state index contributed by atoms with van der Waals surface area (Å²) in [6, 6.07) is 5.90. The SMILES string of the molecule is Cc1cc(C)c(S(=O)(=O)N2CCCCC[C@H]2c2sccc2C)cc1C. The van der Waals surface area contributed by atoms with Crippen molar-refractivity contribution in [2.75, 3.05) is 6.54 Å². The van der Waals surface area contributed by atoms with Crippen molar-refractivity contribution in [1.29, 1.82) is 0 Å². The number of hydrogen-bond acceptors (Lipinski definition) is 3. The summed E-state index contributed by atoms with van der Waals surface area (Å²) in [5.74, 6) is 0. The third-order valence-corrected chi connectivity index (χ3v) is 8.46. The minimum Gasteiger partial charge on any atom is -0.207 e. The van der Waals surface area contributed by atoms with Crippen LogP contribution in [0.25, 0.3) is 0 Å². The molecule has 2 heterocycles. The highest BCUT2D eigenvalue weighted by Gasteiger charge is 2.35. The number of nitrogens with zero attached hydrogens (tertiary/aromatic N) is 1. The van der Waals surface area contributed by atoms with Crippen LogP contribution in [-0.2, 0) is 10.0 Å². The molecule has 3 nitrogen and oxygen atoms in total. The van der Waals surface area contributed by atoms with Crippen molar-refractivity contribution < 1.29 is 8.42 Å². The molecule has 0 unspecified atom stereocenters. The van der Waals surface area contributed by atoms with E-state index in [0.717, 1.165) is 42.4 Å². The van der Waals surface area contributed by atoms with E-state index in [4.69, 9.17) is 0 Å². The Morgan fingerprint density at radius 2 is 1.68 bits per heavy atom. The number of benzene rings is 1. The first kappa shape index (κ1) is 18.6. The van der Waals surface area contributed by atoms with Gasteiger partial charge in [0.1, 0.15) is 0 Å². The molecular formula is C20H27NO2S2. The van der Waals surface area contributed by atoms with Crippen LogP contribution in [0.1, 0.15) is 58.9 Å². The van der Waals surface area contributed by atoms with Crippen LogP contribution < -0.4 is 0 Å². The first-order valence-electron chi connectivity index (χ1n) is 8.96. The molecule has 0 aliphatic carbocycles. The Labute approximate surface area is 155 Å². The fourth-order valence-electron chi connectivity index (χ4n) is 3.70. The van der Waals surface area contributed by atoms with Crippen molar-refractivity contribution in [3.05, 3.63) is 50.7 Å². The molecule has 0 radical (unpaired) electrons. The van der Waals surface area contributed by atoms with E-state index in [0.29, 0.717) is 11.4 Å². The van der Waals surface area contributed by atoms with E-state index in [1.807, 2.05) is 32.9 Å². The molecule has 1 aromatic carbocycles. The minimum absolute atomic E-state index is 0.0338. The monoisotopic (exact) mass is 377 g/mol. The maximum absolute atomic E-state index is 13.6. The first-order chi connectivity index (χ1) is 11.8. The molecule has 1 fully saturated rings. The van der Waals surface area contributed by atoms with Gasteiger partial charge in [0, 0.05) is 11.4 Å². The molecule has 1 saturated heterocycles. The summed E-state index contributed by atoms with van der Waals surface area (Å²) in [4.78, 5) is 1.67. The highest BCUT2D eigenvalue weighted by atomic mass is 32.2. The van der Waals surface area contributed by atoms with Gasteiger partial charge in [0.05, 0.1) is 10.9 Å². The molecule has 136 valence electrons. The number of rotatable bonds is 3. The molecule has 1 aliphatic rings. The highest BCUT2D eigenvalue weighted by molar-refractivity contribution is 7.89. The van der Waals surface area contributed by atoms with E-state index < -0.39 is 10.0 Å². The summed E-state index contributed by atoms with van der Waals surface area (Å²) < 4.78 is 28.9. The smallest absolute Gasteiger partial charge is 0.207 e. The number of hydrogen-bond donors (Lipinski definition) is 0. The van der Waals surface area contributed by atoms with Crippen LogP contribution >= 0.6 is 11.3 Å². The Hall–Kier alpha value is -1.17. The van der Waals surface area contributed by atoms with Crippen LogP contribution in [0, 0.1) is 27.7 Å². The zero-order chi connectivity index (χ0) is 18.2. The molecule has 1 aliphatic heterocycles. The molecule has 1 atom stereocenters. The van der Waals surface area contributed by atoms with Gasteiger partial charge in [0.15, 0.2) is 0 Å². The molecule has 0 N–H and O–H groups in total. The zero-order valence-corrected chi connectivity index (χ0v) is 17.1. The summed E-state index contributed by atoms with van der Waals surface area (Å²) in [5.41, 5.74) is 4.21. The van der Waals surface area contributed by atoms with Crippen molar-refractivity contribution in [3.63, 3.8) is 0 Å². The van der Waals surface area contributed by atoms with Gasteiger partial charge in [-0.1, -0.05) is 18.9 Å². The lowest BCUT2D eigenvalue weighted by Gasteiger charge is -2.30. The number of sulfonamides is 1. The summed E-state index contributed by atoms with van der Waals surface area (Å²) in [6.45, 7) is 8.61. The molecule has 1 aromatic heterocycles. The fraction of sp³-hybridized carbons (Fsp3) is 0.500. The lowest BCUT2D eigenvalue weighted by molar-refractivity contribution is 0.332. The standard InChI is InChI=1S/C20H27NO2S2/c1-14-9-11-24-20(14)18-8-6-5-7-10-21(18)25(22,23)19-13-16(3)15(2)12-17(19)4/h9,11-13,18H,5-8,10H2,1-4H3/t18-/m0/s1. The molecule has 0 spiro atoms. The van der Waals surface area contributed by atoms with Crippen LogP contribution in [0.2, 0.25) is 0 Å².